The van der Waals surface area contributed by atoms with Gasteiger partial charge in [-0.3, -0.25) is 4.79 Å². The number of amides is 1. The van der Waals surface area contributed by atoms with Gasteiger partial charge in [0.05, 0.1) is 12.6 Å². The maximum Gasteiger partial charge on any atom is 0.258 e. The van der Waals surface area contributed by atoms with E-state index in [0.717, 1.165) is 30.8 Å². The predicted molar refractivity (Wildman–Crippen MR) is 252 cm³/mol. The molecule has 1 aromatic rings. The highest BCUT2D eigenvalue weighted by Gasteiger charge is 2.51. The molecule has 1 unspecified atom stereocenters. The van der Waals surface area contributed by atoms with Crippen LogP contribution in [-0.4, -0.2) is 42.7 Å². The van der Waals surface area contributed by atoms with Crippen LogP contribution >= 0.6 is 11.8 Å². The molecule has 1 amide bonds. The number of nitrogens with one attached hydrogen (secondary N) is 2. The fourth-order valence-corrected chi connectivity index (χ4v) is 6.34. The maximum absolute atomic E-state index is 13.3. The zero-order valence-electron chi connectivity index (χ0n) is 40.4. The van der Waals surface area contributed by atoms with Gasteiger partial charge >= 0.3 is 0 Å². The van der Waals surface area contributed by atoms with Crippen molar-refractivity contribution in [2.45, 2.75) is 194 Å². The van der Waals surface area contributed by atoms with Crippen molar-refractivity contribution in [3.05, 3.63) is 59.2 Å². The largest absolute Gasteiger partial charge is 0.493 e. The molecule has 2 rings (SSSR count). The number of alkyl halides is 1. The molecule has 1 aromatic carbocycles. The lowest BCUT2D eigenvalue weighted by Gasteiger charge is -2.32. The Balaban J connectivity index is -0.000000401. The van der Waals surface area contributed by atoms with Gasteiger partial charge in [0, 0.05) is 24.1 Å². The molecule has 334 valence electrons. The molecule has 0 aliphatic heterocycles. The third-order valence-corrected chi connectivity index (χ3v) is 9.54. The molecule has 0 spiro atoms. The molecule has 0 bridgehead atoms. The van der Waals surface area contributed by atoms with Crippen LogP contribution in [0.25, 0.3) is 4.91 Å². The number of aliphatic hydroxyl groups excluding tert-OH is 1. The summed E-state index contributed by atoms with van der Waals surface area (Å²) in [6, 6.07) is 5.91. The van der Waals surface area contributed by atoms with Crippen LogP contribution in [0.3, 0.4) is 0 Å². The van der Waals surface area contributed by atoms with Gasteiger partial charge in [-0.25, -0.2) is 4.39 Å². The van der Waals surface area contributed by atoms with E-state index in [2.05, 4.69) is 116 Å². The minimum Gasteiger partial charge on any atom is -0.493 e. The number of allylic oxidation sites excluding steroid dienone is 2. The molecule has 0 radical (unpaired) electrons. The summed E-state index contributed by atoms with van der Waals surface area (Å²) in [7, 11) is 1.00. The topological polar surface area (TPSA) is 87.7 Å². The van der Waals surface area contributed by atoms with Crippen LogP contribution < -0.4 is 15.4 Å². The van der Waals surface area contributed by atoms with E-state index >= 15 is 0 Å². The van der Waals surface area contributed by atoms with Crippen molar-refractivity contribution in [2.75, 3.05) is 13.7 Å². The Bertz CT molecular complexity index is 1250. The van der Waals surface area contributed by atoms with E-state index in [-0.39, 0.29) is 29.1 Å². The molecule has 1 atom stereocenters. The number of hydrogen-bond donors (Lipinski definition) is 3. The Morgan fingerprint density at radius 3 is 1.96 bits per heavy atom. The van der Waals surface area contributed by atoms with E-state index in [1.54, 1.807) is 18.0 Å². The molecule has 3 N–H and O–H groups in total. The summed E-state index contributed by atoms with van der Waals surface area (Å²) in [5.41, 5.74) is 1.97. The van der Waals surface area contributed by atoms with Gasteiger partial charge in [-0.05, 0) is 85.4 Å². The number of rotatable bonds is 18. The van der Waals surface area contributed by atoms with Gasteiger partial charge in [-0.2, -0.15) is 0 Å². The van der Waals surface area contributed by atoms with Gasteiger partial charge in [-0.1, -0.05) is 178 Å². The van der Waals surface area contributed by atoms with Gasteiger partial charge in [0.25, 0.3) is 5.91 Å². The Morgan fingerprint density at radius 2 is 1.56 bits per heavy atom. The van der Waals surface area contributed by atoms with E-state index in [1.165, 1.54) is 48.1 Å². The van der Waals surface area contributed by atoms with E-state index < -0.39 is 17.6 Å². The van der Waals surface area contributed by atoms with Crippen molar-refractivity contribution in [3.63, 3.8) is 0 Å². The fourth-order valence-electron chi connectivity index (χ4n) is 5.57. The number of halogens is 1. The number of benzene rings is 1. The zero-order chi connectivity index (χ0) is 45.5. The third-order valence-electron chi connectivity index (χ3n) is 8.26. The number of unbranched alkanes of at least 4 members (excludes halogenated alkanes) is 3. The van der Waals surface area contributed by atoms with Crippen molar-refractivity contribution in [3.8, 4) is 5.75 Å². The van der Waals surface area contributed by atoms with Crippen molar-refractivity contribution in [1.82, 2.24) is 10.6 Å². The van der Waals surface area contributed by atoms with E-state index in [0.29, 0.717) is 19.4 Å². The predicted octanol–water partition coefficient (Wildman–Crippen LogP) is 14.3. The molecule has 1 aliphatic rings. The molecule has 0 aromatic heterocycles. The molecule has 6 nitrogen and oxygen atoms in total. The van der Waals surface area contributed by atoms with Crippen LogP contribution in [0, 0.1) is 22.2 Å². The first kappa shape index (κ1) is 61.1. The highest BCUT2D eigenvalue weighted by molar-refractivity contribution is 8.10. The summed E-state index contributed by atoms with van der Waals surface area (Å²) >= 11 is 1.76. The lowest BCUT2D eigenvalue weighted by Crippen LogP contribution is -2.48. The van der Waals surface area contributed by atoms with Gasteiger partial charge in [-0.15, -0.1) is 0 Å². The quantitative estimate of drug-likeness (QED) is 0.101. The van der Waals surface area contributed by atoms with Crippen LogP contribution in [0.2, 0.25) is 0 Å². The van der Waals surface area contributed by atoms with Crippen LogP contribution in [0.1, 0.15) is 187 Å². The lowest BCUT2D eigenvalue weighted by molar-refractivity contribution is -0.131. The Hall–Kier alpha value is -2.58. The number of aldehydes is 1. The molecular formula is C49H91FN2O4S. The number of aliphatic hydroxyl groups is 1. The van der Waals surface area contributed by atoms with Crippen LogP contribution in [0.5, 0.6) is 5.75 Å². The van der Waals surface area contributed by atoms with E-state index in [9.17, 15) is 14.0 Å². The SMILES string of the molecule is C=CNCc1ccc(C(S/C=C\C)=C(C)C)cc1OCC(C)(C)CC(C)(C)C.CC.CC.CC(C)(C)C(C=O)NC(=O)C1(F)CC1.CCCCCCC(C)C.CO. The molecule has 1 fully saturated rings. The molecule has 1 aliphatic carbocycles. The summed E-state index contributed by atoms with van der Waals surface area (Å²) in [6.45, 7) is 43.3. The van der Waals surface area contributed by atoms with Gasteiger partial charge in [0.1, 0.15) is 12.0 Å². The normalized spacial score (nSPS) is 13.2. The molecule has 8 heteroatoms. The summed E-state index contributed by atoms with van der Waals surface area (Å²) in [5.74, 6) is 1.21. The number of thioether (sulfide) groups is 1. The molecular weight excluding hydrogens is 732 g/mol. The van der Waals surface area contributed by atoms with Crippen LogP contribution in [-0.2, 0) is 16.1 Å². The van der Waals surface area contributed by atoms with E-state index in [1.807, 2.05) is 55.4 Å². The Labute approximate surface area is 357 Å². The number of carbonyl (C=O) groups is 2. The second-order valence-corrected chi connectivity index (χ2v) is 18.6. The Morgan fingerprint density at radius 1 is 1.00 bits per heavy atom. The molecule has 0 heterocycles. The monoisotopic (exact) mass is 823 g/mol. The van der Waals surface area contributed by atoms with Gasteiger partial charge in [0.2, 0.25) is 0 Å². The highest BCUT2D eigenvalue weighted by atomic mass is 32.2. The van der Waals surface area contributed by atoms with Crippen LogP contribution in [0.4, 0.5) is 4.39 Å². The van der Waals surface area contributed by atoms with Gasteiger partial charge < -0.3 is 25.3 Å². The molecule has 0 saturated heterocycles. The first-order valence-corrected chi connectivity index (χ1v) is 22.4. The zero-order valence-corrected chi connectivity index (χ0v) is 41.2. The maximum atomic E-state index is 13.3. The standard InChI is InChI=1S/C25H39NOS.C10H16FNO2.C9H20.2C2H6.CH4O/c1-10-14-28-23(19(3)4)20-12-13-21(16-26-11-2)22(15-20)27-18-25(8,9)17-24(5,6)7;1-9(2,3)7(6-13)12-8(14)10(11)4-5-10;1-4-5-6-7-8-9(2)3;3*1-2/h10-15,26H,2,16-18H2,1,3-9H3;6-7H,4-5H2,1-3H3,(H,12,14);9H,4-8H2,1-3H3;2*1-2H3;2H,1H3/b14-10-;;;;;. The van der Waals surface area contributed by atoms with Crippen molar-refractivity contribution in [1.29, 1.82) is 0 Å². The second-order valence-electron chi connectivity index (χ2n) is 17.7. The number of ether oxygens (including phenoxy) is 1. The summed E-state index contributed by atoms with van der Waals surface area (Å²) in [6.07, 6.45) is 13.2. The van der Waals surface area contributed by atoms with Crippen molar-refractivity contribution >= 4 is 28.9 Å². The number of carbonyl (C=O) groups excluding carboxylic acids is 2. The lowest BCUT2D eigenvalue weighted by atomic mass is 9.77. The van der Waals surface area contributed by atoms with Crippen LogP contribution in [0.15, 0.2) is 48.0 Å². The minimum absolute atomic E-state index is 0.108. The van der Waals surface area contributed by atoms with Gasteiger partial charge in [0.15, 0.2) is 5.67 Å². The first-order valence-electron chi connectivity index (χ1n) is 21.5. The first-order chi connectivity index (χ1) is 26.6. The average molecular weight is 823 g/mol. The van der Waals surface area contributed by atoms with Crippen molar-refractivity contribution in [2.24, 2.45) is 22.2 Å². The molecule has 57 heavy (non-hydrogen) atoms. The smallest absolute Gasteiger partial charge is 0.258 e. The fraction of sp³-hybridized carbons (Fsp3) is 0.714. The summed E-state index contributed by atoms with van der Waals surface area (Å²) in [4.78, 5) is 23.3. The summed E-state index contributed by atoms with van der Waals surface area (Å²) < 4.78 is 19.6. The average Bonchev–Trinajstić information content (AvgIpc) is 3.90. The molecule has 1 saturated carbocycles. The highest BCUT2D eigenvalue weighted by Crippen LogP contribution is 2.40. The Kier molecular flexibility index (Phi) is 35.7. The summed E-state index contributed by atoms with van der Waals surface area (Å²) in [5, 5.41) is 14.8. The third kappa shape index (κ3) is 31.1. The minimum atomic E-state index is -1.70. The second kappa shape index (κ2) is 33.3. The van der Waals surface area contributed by atoms with E-state index in [4.69, 9.17) is 9.84 Å². The van der Waals surface area contributed by atoms with Crippen molar-refractivity contribution < 1.29 is 23.8 Å². The number of hydrogen-bond acceptors (Lipinski definition) is 6.